The maximum atomic E-state index is 12.6. The van der Waals surface area contributed by atoms with Crippen LogP contribution in [0.15, 0.2) is 30.6 Å². The summed E-state index contributed by atoms with van der Waals surface area (Å²) < 4.78 is 0. The fraction of sp³-hybridized carbons (Fsp3) is 0.438. The zero-order valence-electron chi connectivity index (χ0n) is 12.0. The normalized spacial score (nSPS) is 16.3. The molecular weight excluding hydrogens is 264 g/mol. The molecule has 0 unspecified atom stereocenters. The highest BCUT2D eigenvalue weighted by molar-refractivity contribution is 5.97. The molecule has 0 atom stereocenters. The molecule has 0 radical (unpaired) electrons. The zero-order chi connectivity index (χ0) is 14.7. The molecule has 1 aliphatic rings. The Morgan fingerprint density at radius 1 is 1.19 bits per heavy atom. The molecule has 0 saturated carbocycles. The summed E-state index contributed by atoms with van der Waals surface area (Å²) in [5, 5.41) is 0. The second-order valence-electron chi connectivity index (χ2n) is 5.57. The Balaban J connectivity index is 1.72. The van der Waals surface area contributed by atoms with Crippen LogP contribution in [-0.4, -0.2) is 40.4 Å². The molecule has 1 aromatic carbocycles. The first-order valence-corrected chi connectivity index (χ1v) is 7.48. The quantitative estimate of drug-likeness (QED) is 0.933. The molecule has 2 heterocycles. The van der Waals surface area contributed by atoms with Gasteiger partial charge in [0.2, 0.25) is 0 Å². The average molecular weight is 284 g/mol. The van der Waals surface area contributed by atoms with E-state index in [-0.39, 0.29) is 5.91 Å². The number of nitrogens with zero attached hydrogens (tertiary/aromatic N) is 3. The van der Waals surface area contributed by atoms with Crippen molar-refractivity contribution in [3.8, 4) is 0 Å². The Morgan fingerprint density at radius 2 is 1.90 bits per heavy atom. The van der Waals surface area contributed by atoms with Crippen molar-refractivity contribution >= 4 is 16.9 Å². The molecule has 1 aliphatic heterocycles. The lowest BCUT2D eigenvalue weighted by atomic mass is 9.93. The summed E-state index contributed by atoms with van der Waals surface area (Å²) in [6, 6.07) is 5.53. The molecule has 2 aromatic rings. The summed E-state index contributed by atoms with van der Waals surface area (Å²) in [7, 11) is 0. The van der Waals surface area contributed by atoms with E-state index in [1.54, 1.807) is 12.4 Å². The largest absolute Gasteiger partial charge is 0.339 e. The number of carbonyl (C=O) groups excluding carboxylic acids is 1. The number of amides is 1. The highest BCUT2D eigenvalue weighted by Crippen LogP contribution is 2.22. The lowest BCUT2D eigenvalue weighted by Crippen LogP contribution is -2.38. The lowest BCUT2D eigenvalue weighted by Gasteiger charge is -2.32. The number of piperidine rings is 1. The summed E-state index contributed by atoms with van der Waals surface area (Å²) in [6.45, 7) is 2.38. The third-order valence-electron chi connectivity index (χ3n) is 4.19. The molecule has 5 heteroatoms. The van der Waals surface area contributed by atoms with Crippen LogP contribution in [0.25, 0.3) is 11.0 Å². The Hall–Kier alpha value is -2.01. The van der Waals surface area contributed by atoms with Crippen LogP contribution in [0.5, 0.6) is 0 Å². The van der Waals surface area contributed by atoms with Crippen molar-refractivity contribution in [3.63, 3.8) is 0 Å². The number of fused-ring (bicyclic) bond motifs is 1. The van der Waals surface area contributed by atoms with Crippen molar-refractivity contribution in [2.45, 2.75) is 19.3 Å². The van der Waals surface area contributed by atoms with Crippen molar-refractivity contribution < 1.29 is 4.79 Å². The molecular formula is C16H20N4O. The first kappa shape index (κ1) is 13.9. The van der Waals surface area contributed by atoms with E-state index in [1.807, 2.05) is 23.1 Å². The third-order valence-corrected chi connectivity index (χ3v) is 4.19. The van der Waals surface area contributed by atoms with Gasteiger partial charge in [-0.25, -0.2) is 0 Å². The number of aromatic nitrogens is 2. The van der Waals surface area contributed by atoms with E-state index < -0.39 is 0 Å². The predicted octanol–water partition coefficient (Wildman–Crippen LogP) is 1.83. The maximum absolute atomic E-state index is 12.6. The van der Waals surface area contributed by atoms with Crippen LogP contribution in [0.2, 0.25) is 0 Å². The molecule has 1 fully saturated rings. The predicted molar refractivity (Wildman–Crippen MR) is 81.8 cm³/mol. The fourth-order valence-electron chi connectivity index (χ4n) is 2.94. The van der Waals surface area contributed by atoms with Gasteiger partial charge in [0.1, 0.15) is 0 Å². The smallest absolute Gasteiger partial charge is 0.253 e. The monoisotopic (exact) mass is 284 g/mol. The van der Waals surface area contributed by atoms with E-state index in [2.05, 4.69) is 9.97 Å². The summed E-state index contributed by atoms with van der Waals surface area (Å²) >= 11 is 0. The SMILES string of the molecule is NCCC1CCN(C(=O)c2ccc3nccnc3c2)CC1. The average Bonchev–Trinajstić information content (AvgIpc) is 2.55. The summed E-state index contributed by atoms with van der Waals surface area (Å²) in [4.78, 5) is 23.0. The lowest BCUT2D eigenvalue weighted by molar-refractivity contribution is 0.0688. The second kappa shape index (κ2) is 6.18. The number of hydrogen-bond acceptors (Lipinski definition) is 4. The highest BCUT2D eigenvalue weighted by Gasteiger charge is 2.23. The number of rotatable bonds is 3. The van der Waals surface area contributed by atoms with Gasteiger partial charge in [0.15, 0.2) is 0 Å². The van der Waals surface area contributed by atoms with Crippen LogP contribution in [0.1, 0.15) is 29.6 Å². The first-order valence-electron chi connectivity index (χ1n) is 7.48. The number of hydrogen-bond donors (Lipinski definition) is 1. The number of nitrogens with two attached hydrogens (primary N) is 1. The van der Waals surface area contributed by atoms with E-state index in [1.165, 1.54) is 0 Å². The van der Waals surface area contributed by atoms with Gasteiger partial charge in [-0.05, 0) is 49.9 Å². The zero-order valence-corrected chi connectivity index (χ0v) is 12.0. The molecule has 1 amide bonds. The maximum Gasteiger partial charge on any atom is 0.253 e. The van der Waals surface area contributed by atoms with E-state index in [0.29, 0.717) is 11.5 Å². The van der Waals surface area contributed by atoms with Gasteiger partial charge in [0.05, 0.1) is 11.0 Å². The van der Waals surface area contributed by atoms with Crippen molar-refractivity contribution in [1.29, 1.82) is 0 Å². The van der Waals surface area contributed by atoms with E-state index >= 15 is 0 Å². The molecule has 21 heavy (non-hydrogen) atoms. The molecule has 110 valence electrons. The van der Waals surface area contributed by atoms with Gasteiger partial charge < -0.3 is 10.6 Å². The van der Waals surface area contributed by atoms with E-state index in [4.69, 9.17) is 5.73 Å². The van der Waals surface area contributed by atoms with Crippen molar-refractivity contribution in [3.05, 3.63) is 36.2 Å². The molecule has 0 spiro atoms. The Morgan fingerprint density at radius 3 is 2.62 bits per heavy atom. The van der Waals surface area contributed by atoms with Crippen LogP contribution >= 0.6 is 0 Å². The summed E-state index contributed by atoms with van der Waals surface area (Å²) in [5.74, 6) is 0.760. The molecule has 0 aliphatic carbocycles. The number of likely N-dealkylation sites (tertiary alicyclic amines) is 1. The van der Waals surface area contributed by atoms with Gasteiger partial charge in [-0.3, -0.25) is 14.8 Å². The van der Waals surface area contributed by atoms with Gasteiger partial charge >= 0.3 is 0 Å². The first-order chi connectivity index (χ1) is 10.3. The van der Waals surface area contributed by atoms with Crippen LogP contribution in [0.3, 0.4) is 0 Å². The van der Waals surface area contributed by atoms with Gasteiger partial charge in [0.25, 0.3) is 5.91 Å². The Bertz CT molecular complexity index is 635. The number of carbonyl (C=O) groups is 1. The molecule has 5 nitrogen and oxygen atoms in total. The molecule has 1 aromatic heterocycles. The summed E-state index contributed by atoms with van der Waals surface area (Å²) in [5.41, 5.74) is 7.88. The van der Waals surface area contributed by atoms with Gasteiger partial charge in [-0.1, -0.05) is 0 Å². The summed E-state index contributed by atoms with van der Waals surface area (Å²) in [6.07, 6.45) is 6.47. The Labute approximate surface area is 124 Å². The molecule has 0 bridgehead atoms. The fourth-order valence-corrected chi connectivity index (χ4v) is 2.94. The Kier molecular flexibility index (Phi) is 4.10. The topological polar surface area (TPSA) is 72.1 Å². The van der Waals surface area contributed by atoms with Gasteiger partial charge in [-0.15, -0.1) is 0 Å². The second-order valence-corrected chi connectivity index (χ2v) is 5.57. The van der Waals surface area contributed by atoms with Crippen molar-refractivity contribution in [2.24, 2.45) is 11.7 Å². The minimum Gasteiger partial charge on any atom is -0.339 e. The van der Waals surface area contributed by atoms with Gasteiger partial charge in [0, 0.05) is 31.0 Å². The molecule has 2 N–H and O–H groups in total. The minimum atomic E-state index is 0.0914. The van der Waals surface area contributed by atoms with Crippen LogP contribution < -0.4 is 5.73 Å². The van der Waals surface area contributed by atoms with Crippen LogP contribution in [0, 0.1) is 5.92 Å². The van der Waals surface area contributed by atoms with E-state index in [9.17, 15) is 4.79 Å². The van der Waals surface area contributed by atoms with Crippen LogP contribution in [0.4, 0.5) is 0 Å². The van der Waals surface area contributed by atoms with Crippen molar-refractivity contribution in [2.75, 3.05) is 19.6 Å². The minimum absolute atomic E-state index is 0.0914. The van der Waals surface area contributed by atoms with Gasteiger partial charge in [-0.2, -0.15) is 0 Å². The third kappa shape index (κ3) is 3.03. The number of benzene rings is 1. The standard InChI is InChI=1S/C16H20N4O/c17-6-3-12-4-9-20(10-5-12)16(21)13-1-2-14-15(11-13)19-8-7-18-14/h1-2,7-8,11-12H,3-6,9-10,17H2. The van der Waals surface area contributed by atoms with Crippen LogP contribution in [-0.2, 0) is 0 Å². The molecule has 3 rings (SSSR count). The highest BCUT2D eigenvalue weighted by atomic mass is 16.2. The molecule has 1 saturated heterocycles. The van der Waals surface area contributed by atoms with E-state index in [0.717, 1.165) is 49.9 Å². The van der Waals surface area contributed by atoms with Crippen molar-refractivity contribution in [1.82, 2.24) is 14.9 Å².